The van der Waals surface area contributed by atoms with Crippen LogP contribution in [0.15, 0.2) is 42.5 Å². The van der Waals surface area contributed by atoms with Crippen LogP contribution in [-0.4, -0.2) is 17.6 Å². The number of thioether (sulfide) groups is 1. The fourth-order valence-electron chi connectivity index (χ4n) is 2.05. The predicted octanol–water partition coefficient (Wildman–Crippen LogP) is 4.87. The number of ketones is 1. The highest BCUT2D eigenvalue weighted by Crippen LogP contribution is 2.32. The molecule has 23 heavy (non-hydrogen) atoms. The van der Waals surface area contributed by atoms with Gasteiger partial charge in [0.15, 0.2) is 5.78 Å². The van der Waals surface area contributed by atoms with Gasteiger partial charge in [-0.3, -0.25) is 4.79 Å². The van der Waals surface area contributed by atoms with Crippen molar-refractivity contribution in [3.05, 3.63) is 65.2 Å². The molecule has 2 rings (SSSR count). The molecule has 0 saturated carbocycles. The fraction of sp³-hybridized carbons (Fsp3) is 0.278. The highest BCUT2D eigenvalue weighted by atomic mass is 32.2. The Morgan fingerprint density at radius 2 is 1.78 bits per heavy atom. The van der Waals surface area contributed by atoms with Gasteiger partial charge in [-0.2, -0.15) is 0 Å². The molecule has 0 saturated heterocycles. The van der Waals surface area contributed by atoms with Crippen molar-refractivity contribution in [2.75, 3.05) is 7.11 Å². The van der Waals surface area contributed by atoms with E-state index in [0.717, 1.165) is 23.4 Å². The number of carbonyl (C=O) groups is 1. The van der Waals surface area contributed by atoms with E-state index in [0.29, 0.717) is 5.75 Å². The van der Waals surface area contributed by atoms with Crippen LogP contribution >= 0.6 is 11.8 Å². The minimum absolute atomic E-state index is 0.0846. The number of ether oxygens (including phenoxy) is 1. The van der Waals surface area contributed by atoms with Gasteiger partial charge in [0.1, 0.15) is 17.4 Å². The lowest BCUT2D eigenvalue weighted by molar-refractivity contribution is 0.0954. The first-order valence-electron chi connectivity index (χ1n) is 7.10. The van der Waals surface area contributed by atoms with Crippen molar-refractivity contribution in [3.8, 4) is 5.75 Å². The minimum atomic E-state index is -0.826. The van der Waals surface area contributed by atoms with Crippen molar-refractivity contribution in [2.24, 2.45) is 0 Å². The van der Waals surface area contributed by atoms with Crippen LogP contribution in [0.4, 0.5) is 8.78 Å². The van der Waals surface area contributed by atoms with Gasteiger partial charge in [0, 0.05) is 11.8 Å². The normalized spacial score (nSPS) is 11.3. The van der Waals surface area contributed by atoms with Crippen molar-refractivity contribution >= 4 is 17.5 Å². The van der Waals surface area contributed by atoms with E-state index in [2.05, 4.69) is 0 Å². The first kappa shape index (κ1) is 17.5. The second-order valence-electron chi connectivity index (χ2n) is 5.60. The van der Waals surface area contributed by atoms with E-state index >= 15 is 0 Å². The summed E-state index contributed by atoms with van der Waals surface area (Å²) in [6, 6.07) is 10.6. The van der Waals surface area contributed by atoms with Gasteiger partial charge < -0.3 is 4.74 Å². The van der Waals surface area contributed by atoms with Crippen molar-refractivity contribution in [2.45, 2.75) is 24.3 Å². The maximum Gasteiger partial charge on any atom is 0.181 e. The molecule has 0 amide bonds. The summed E-state index contributed by atoms with van der Waals surface area (Å²) < 4.78 is 31.0. The summed E-state index contributed by atoms with van der Waals surface area (Å²) in [6.07, 6.45) is 0. The lowest BCUT2D eigenvalue weighted by Crippen LogP contribution is -2.29. The molecular weight excluding hydrogens is 318 g/mol. The van der Waals surface area contributed by atoms with Crippen LogP contribution in [0.1, 0.15) is 29.8 Å². The molecule has 0 unspecified atom stereocenters. The molecule has 0 atom stereocenters. The third-order valence-corrected chi connectivity index (χ3v) is 4.87. The van der Waals surface area contributed by atoms with Crippen molar-refractivity contribution in [3.63, 3.8) is 0 Å². The number of Topliss-reactive ketones (excluding diaryl/α,β-unsaturated/α-hetero) is 1. The van der Waals surface area contributed by atoms with Gasteiger partial charge in [-0.1, -0.05) is 12.1 Å². The van der Waals surface area contributed by atoms with Gasteiger partial charge in [0.05, 0.1) is 17.4 Å². The Morgan fingerprint density at radius 3 is 2.35 bits per heavy atom. The Labute approximate surface area is 138 Å². The first-order valence-corrected chi connectivity index (χ1v) is 8.09. The second kappa shape index (κ2) is 7.13. The monoisotopic (exact) mass is 336 g/mol. The molecule has 0 fully saturated rings. The van der Waals surface area contributed by atoms with E-state index in [1.54, 1.807) is 21.0 Å². The lowest BCUT2D eigenvalue weighted by atomic mass is 10.00. The average Bonchev–Trinajstić information content (AvgIpc) is 2.53. The molecule has 0 aliphatic carbocycles. The maximum absolute atomic E-state index is 13.8. The van der Waals surface area contributed by atoms with E-state index < -0.39 is 16.4 Å². The molecule has 2 aromatic rings. The summed E-state index contributed by atoms with van der Waals surface area (Å²) in [5.41, 5.74) is 0.954. The summed E-state index contributed by atoms with van der Waals surface area (Å²) in [4.78, 5) is 12.5. The largest absolute Gasteiger partial charge is 0.497 e. The van der Waals surface area contributed by atoms with Crippen LogP contribution in [0.25, 0.3) is 0 Å². The second-order valence-corrected chi connectivity index (χ2v) is 7.20. The van der Waals surface area contributed by atoms with Gasteiger partial charge in [-0.25, -0.2) is 8.78 Å². The molecule has 0 aliphatic rings. The van der Waals surface area contributed by atoms with Crippen LogP contribution < -0.4 is 4.74 Å². The summed E-state index contributed by atoms with van der Waals surface area (Å²) in [5, 5.41) is 0. The predicted molar refractivity (Wildman–Crippen MR) is 89.1 cm³/mol. The zero-order valence-electron chi connectivity index (χ0n) is 13.2. The average molecular weight is 336 g/mol. The van der Waals surface area contributed by atoms with Crippen LogP contribution in [0.5, 0.6) is 5.75 Å². The third-order valence-electron chi connectivity index (χ3n) is 3.48. The van der Waals surface area contributed by atoms with E-state index in [9.17, 15) is 13.6 Å². The topological polar surface area (TPSA) is 26.3 Å². The van der Waals surface area contributed by atoms with Crippen LogP contribution in [0.2, 0.25) is 0 Å². The Balaban J connectivity index is 2.09. The highest BCUT2D eigenvalue weighted by molar-refractivity contribution is 8.00. The Bertz CT molecular complexity index is 697. The molecule has 5 heteroatoms. The van der Waals surface area contributed by atoms with E-state index in [1.165, 1.54) is 17.8 Å². The third kappa shape index (κ3) is 4.32. The number of methoxy groups -OCH3 is 1. The van der Waals surface area contributed by atoms with E-state index in [-0.39, 0.29) is 11.3 Å². The molecule has 2 aromatic carbocycles. The summed E-state index contributed by atoms with van der Waals surface area (Å²) in [5.74, 6) is -0.502. The molecule has 0 aromatic heterocycles. The van der Waals surface area contributed by atoms with E-state index in [4.69, 9.17) is 4.74 Å². The SMILES string of the molecule is COc1ccc(CSC(C)(C)C(=O)c2ccc(F)cc2F)cc1. The number of hydrogen-bond acceptors (Lipinski definition) is 3. The molecule has 0 N–H and O–H groups in total. The van der Waals surface area contributed by atoms with Crippen LogP contribution in [0.3, 0.4) is 0 Å². The summed E-state index contributed by atoms with van der Waals surface area (Å²) in [6.45, 7) is 3.48. The molecule has 122 valence electrons. The molecule has 0 spiro atoms. The highest BCUT2D eigenvalue weighted by Gasteiger charge is 2.31. The van der Waals surface area contributed by atoms with Gasteiger partial charge in [-0.15, -0.1) is 11.8 Å². The molecule has 2 nitrogen and oxygen atoms in total. The molecular formula is C18H18F2O2S. The molecule has 0 aliphatic heterocycles. The Morgan fingerprint density at radius 1 is 1.13 bits per heavy atom. The Hall–Kier alpha value is -1.88. The fourth-order valence-corrected chi connectivity index (χ4v) is 3.01. The smallest absolute Gasteiger partial charge is 0.181 e. The van der Waals surface area contributed by atoms with Crippen molar-refractivity contribution < 1.29 is 18.3 Å². The number of halogens is 2. The van der Waals surface area contributed by atoms with Crippen LogP contribution in [0, 0.1) is 11.6 Å². The summed E-state index contributed by atoms with van der Waals surface area (Å²) >= 11 is 1.41. The number of hydrogen-bond donors (Lipinski definition) is 0. The standard InChI is InChI=1S/C18H18F2O2S/c1-18(2,17(21)15-9-6-13(19)10-16(15)20)23-11-12-4-7-14(22-3)8-5-12/h4-10H,11H2,1-3H3. The van der Waals surface area contributed by atoms with Gasteiger partial charge >= 0.3 is 0 Å². The quantitative estimate of drug-likeness (QED) is 0.704. The van der Waals surface area contributed by atoms with Crippen LogP contribution in [-0.2, 0) is 5.75 Å². The molecule has 0 heterocycles. The zero-order chi connectivity index (χ0) is 17.0. The van der Waals surface area contributed by atoms with Crippen molar-refractivity contribution in [1.82, 2.24) is 0 Å². The van der Waals surface area contributed by atoms with Crippen molar-refractivity contribution in [1.29, 1.82) is 0 Å². The maximum atomic E-state index is 13.8. The lowest BCUT2D eigenvalue weighted by Gasteiger charge is -2.23. The number of carbonyl (C=O) groups excluding carboxylic acids is 1. The number of benzene rings is 2. The van der Waals surface area contributed by atoms with Gasteiger partial charge in [0.25, 0.3) is 0 Å². The number of rotatable bonds is 6. The zero-order valence-corrected chi connectivity index (χ0v) is 14.0. The van der Waals surface area contributed by atoms with E-state index in [1.807, 2.05) is 24.3 Å². The Kier molecular flexibility index (Phi) is 5.42. The molecule has 0 bridgehead atoms. The summed E-state index contributed by atoms with van der Waals surface area (Å²) in [7, 11) is 1.60. The van der Waals surface area contributed by atoms with Gasteiger partial charge in [0.2, 0.25) is 0 Å². The van der Waals surface area contributed by atoms with Gasteiger partial charge in [-0.05, 0) is 43.7 Å². The minimum Gasteiger partial charge on any atom is -0.497 e. The molecule has 0 radical (unpaired) electrons. The first-order chi connectivity index (χ1) is 10.8.